The molecule has 0 saturated heterocycles. The molecule has 1 amide bonds. The number of likely N-dealkylation sites (N-methyl/N-ethyl adjacent to an activating group) is 1. The summed E-state index contributed by atoms with van der Waals surface area (Å²) in [6, 6.07) is 4.47. The van der Waals surface area contributed by atoms with Crippen LogP contribution in [-0.2, 0) is 6.42 Å². The van der Waals surface area contributed by atoms with E-state index in [1.54, 1.807) is 19.3 Å². The summed E-state index contributed by atoms with van der Waals surface area (Å²) in [6.45, 7) is 6.94. The molecule has 7 nitrogen and oxygen atoms in total. The Labute approximate surface area is 203 Å². The third-order valence-corrected chi connectivity index (χ3v) is 6.77. The zero-order chi connectivity index (χ0) is 24.6. The van der Waals surface area contributed by atoms with Gasteiger partial charge in [-0.15, -0.1) is 0 Å². The van der Waals surface area contributed by atoms with Crippen LogP contribution in [-0.4, -0.2) is 53.6 Å². The number of rotatable bonds is 7. The summed E-state index contributed by atoms with van der Waals surface area (Å²) in [5.41, 5.74) is 4.21. The van der Waals surface area contributed by atoms with E-state index in [1.807, 2.05) is 20.2 Å². The first-order chi connectivity index (χ1) is 16.1. The second-order valence-corrected chi connectivity index (χ2v) is 9.69. The molecule has 3 N–H and O–H groups in total. The van der Waals surface area contributed by atoms with E-state index in [1.165, 1.54) is 12.1 Å². The number of hydrogen-bond acceptors (Lipinski definition) is 5. The number of nitrogens with one attached hydrogen (secondary N) is 3. The van der Waals surface area contributed by atoms with Gasteiger partial charge in [0.25, 0.3) is 5.91 Å². The van der Waals surface area contributed by atoms with Gasteiger partial charge in [0, 0.05) is 46.7 Å². The first-order valence-corrected chi connectivity index (χ1v) is 11.5. The van der Waals surface area contributed by atoms with Gasteiger partial charge in [-0.2, -0.15) is 0 Å². The third-order valence-electron chi connectivity index (χ3n) is 6.38. The first-order valence-electron chi connectivity index (χ1n) is 11.1. The number of fused-ring (bicyclic) bond motifs is 1. The molecule has 3 aromatic rings. The van der Waals surface area contributed by atoms with Gasteiger partial charge in [-0.3, -0.25) is 9.78 Å². The SMILES string of the molecule is Cc1c(Cl)cc(F)cc1Nc1c(-c2ccncc2OCC(C)(C)N(C)C)[nH]c2c1C(=O)NCC2. The maximum absolute atomic E-state index is 14.2. The highest BCUT2D eigenvalue weighted by Crippen LogP contribution is 2.41. The van der Waals surface area contributed by atoms with Crippen LogP contribution in [0.2, 0.25) is 5.02 Å². The van der Waals surface area contributed by atoms with E-state index in [-0.39, 0.29) is 11.4 Å². The number of carbonyl (C=O) groups is 1. The van der Waals surface area contributed by atoms with Crippen LogP contribution < -0.4 is 15.4 Å². The third kappa shape index (κ3) is 4.60. The molecule has 9 heteroatoms. The molecule has 0 unspecified atom stereocenters. The number of anilines is 2. The van der Waals surface area contributed by atoms with Gasteiger partial charge in [-0.05, 0) is 58.6 Å². The number of benzene rings is 1. The number of nitrogens with zero attached hydrogens (tertiary/aromatic N) is 2. The Morgan fingerprint density at radius 1 is 1.32 bits per heavy atom. The van der Waals surface area contributed by atoms with Crippen LogP contribution in [0.5, 0.6) is 5.75 Å². The first kappa shape index (κ1) is 24.0. The van der Waals surface area contributed by atoms with Crippen molar-refractivity contribution in [3.8, 4) is 17.0 Å². The Morgan fingerprint density at radius 2 is 2.09 bits per heavy atom. The largest absolute Gasteiger partial charge is 0.489 e. The number of hydrogen-bond donors (Lipinski definition) is 3. The van der Waals surface area contributed by atoms with Crippen molar-refractivity contribution in [2.75, 3.05) is 32.6 Å². The lowest BCUT2D eigenvalue weighted by atomic mass is 10.0. The van der Waals surface area contributed by atoms with E-state index >= 15 is 0 Å². The molecule has 0 atom stereocenters. The molecule has 4 rings (SSSR count). The molecule has 0 radical (unpaired) electrons. The molecule has 1 aromatic carbocycles. The van der Waals surface area contributed by atoms with Crippen LogP contribution in [0.15, 0.2) is 30.6 Å². The van der Waals surface area contributed by atoms with Crippen molar-refractivity contribution >= 4 is 28.9 Å². The lowest BCUT2D eigenvalue weighted by Gasteiger charge is -2.32. The summed E-state index contributed by atoms with van der Waals surface area (Å²) in [4.78, 5) is 22.6. The van der Waals surface area contributed by atoms with Crippen LogP contribution in [0.1, 0.15) is 35.5 Å². The molecular weight excluding hydrogens is 457 g/mol. The highest BCUT2D eigenvalue weighted by atomic mass is 35.5. The van der Waals surface area contributed by atoms with Crippen molar-refractivity contribution in [3.63, 3.8) is 0 Å². The average Bonchev–Trinajstić information content (AvgIpc) is 3.15. The summed E-state index contributed by atoms with van der Waals surface area (Å²) in [5.74, 6) is -0.0856. The summed E-state index contributed by atoms with van der Waals surface area (Å²) in [6.07, 6.45) is 3.98. The molecule has 0 fully saturated rings. The fourth-order valence-electron chi connectivity index (χ4n) is 3.70. The van der Waals surface area contributed by atoms with Crippen LogP contribution >= 0.6 is 11.6 Å². The normalized spacial score (nSPS) is 13.6. The lowest BCUT2D eigenvalue weighted by molar-refractivity contribution is 0.0947. The monoisotopic (exact) mass is 485 g/mol. The maximum Gasteiger partial charge on any atom is 0.255 e. The summed E-state index contributed by atoms with van der Waals surface area (Å²) >= 11 is 6.22. The minimum Gasteiger partial charge on any atom is -0.489 e. The van der Waals surface area contributed by atoms with Gasteiger partial charge in [0.05, 0.1) is 23.1 Å². The zero-order valence-corrected chi connectivity index (χ0v) is 20.7. The molecule has 180 valence electrons. The van der Waals surface area contributed by atoms with Crippen LogP contribution in [0, 0.1) is 12.7 Å². The second kappa shape index (κ2) is 9.27. The van der Waals surface area contributed by atoms with E-state index in [0.717, 1.165) is 11.3 Å². The number of H-pyrrole nitrogens is 1. The van der Waals surface area contributed by atoms with Crippen LogP contribution in [0.25, 0.3) is 11.3 Å². The molecule has 1 aliphatic heterocycles. The average molecular weight is 486 g/mol. The van der Waals surface area contributed by atoms with Gasteiger partial charge in [-0.25, -0.2) is 4.39 Å². The van der Waals surface area contributed by atoms with Gasteiger partial charge in [0.1, 0.15) is 18.2 Å². The van der Waals surface area contributed by atoms with Crippen molar-refractivity contribution in [3.05, 3.63) is 58.3 Å². The molecule has 2 aromatic heterocycles. The summed E-state index contributed by atoms with van der Waals surface area (Å²) in [5, 5.41) is 6.47. The number of aromatic nitrogens is 2. The highest BCUT2D eigenvalue weighted by Gasteiger charge is 2.29. The summed E-state index contributed by atoms with van der Waals surface area (Å²) in [7, 11) is 4.00. The van der Waals surface area contributed by atoms with Crippen molar-refractivity contribution < 1.29 is 13.9 Å². The number of carbonyl (C=O) groups excluding carboxylic acids is 1. The standard InChI is InChI=1S/C25H29ClFN5O2/c1-14-17(26)10-15(27)11-19(14)31-23-21-18(7-9-29-24(21)33)30-22(23)16-6-8-28-12-20(16)34-13-25(2,3)32(4)5/h6,8,10-12,30-31H,7,9,13H2,1-5H3,(H,29,33). The molecule has 1 aliphatic rings. The van der Waals surface area contributed by atoms with Crippen molar-refractivity contribution in [1.29, 1.82) is 0 Å². The van der Waals surface area contributed by atoms with E-state index in [9.17, 15) is 9.18 Å². The van der Waals surface area contributed by atoms with Gasteiger partial charge >= 0.3 is 0 Å². The van der Waals surface area contributed by atoms with Crippen molar-refractivity contribution in [1.82, 2.24) is 20.2 Å². The number of amides is 1. The number of halogens is 2. The maximum atomic E-state index is 14.2. The summed E-state index contributed by atoms with van der Waals surface area (Å²) < 4.78 is 20.4. The second-order valence-electron chi connectivity index (χ2n) is 9.29. The molecule has 0 saturated carbocycles. The molecule has 0 spiro atoms. The fraction of sp³-hybridized carbons (Fsp3) is 0.360. The van der Waals surface area contributed by atoms with Gasteiger partial charge in [0.15, 0.2) is 0 Å². The minimum atomic E-state index is -0.465. The van der Waals surface area contributed by atoms with E-state index < -0.39 is 5.82 Å². The molecule has 0 aliphatic carbocycles. The van der Waals surface area contributed by atoms with Gasteiger partial charge in [0.2, 0.25) is 0 Å². The fourth-order valence-corrected chi connectivity index (χ4v) is 3.91. The van der Waals surface area contributed by atoms with Crippen molar-refractivity contribution in [2.24, 2.45) is 0 Å². The Kier molecular flexibility index (Phi) is 6.55. The Bertz CT molecular complexity index is 1240. The molecule has 3 heterocycles. The Hall–Kier alpha value is -3.10. The van der Waals surface area contributed by atoms with Crippen LogP contribution in [0.4, 0.5) is 15.8 Å². The van der Waals surface area contributed by atoms with E-state index in [2.05, 4.69) is 39.3 Å². The van der Waals surface area contributed by atoms with Gasteiger partial charge in [-0.1, -0.05) is 11.6 Å². The number of pyridine rings is 1. The number of aromatic amines is 1. The predicted octanol–water partition coefficient (Wildman–Crippen LogP) is 4.93. The Morgan fingerprint density at radius 3 is 2.82 bits per heavy atom. The van der Waals surface area contributed by atoms with E-state index in [0.29, 0.717) is 58.5 Å². The van der Waals surface area contributed by atoms with Crippen LogP contribution in [0.3, 0.4) is 0 Å². The quantitative estimate of drug-likeness (QED) is 0.442. The van der Waals surface area contributed by atoms with E-state index in [4.69, 9.17) is 16.3 Å². The molecule has 34 heavy (non-hydrogen) atoms. The zero-order valence-electron chi connectivity index (χ0n) is 20.0. The lowest BCUT2D eigenvalue weighted by Crippen LogP contribution is -2.43. The highest BCUT2D eigenvalue weighted by molar-refractivity contribution is 6.31. The number of ether oxygens (including phenoxy) is 1. The molecule has 0 bridgehead atoms. The Balaban J connectivity index is 1.82. The smallest absolute Gasteiger partial charge is 0.255 e. The van der Waals surface area contributed by atoms with Crippen molar-refractivity contribution in [2.45, 2.75) is 32.7 Å². The molecular formula is C25H29ClFN5O2. The minimum absolute atomic E-state index is 0.198. The topological polar surface area (TPSA) is 82.3 Å². The van der Waals surface area contributed by atoms with Gasteiger partial charge < -0.3 is 25.3 Å². The predicted molar refractivity (Wildman–Crippen MR) is 133 cm³/mol.